The van der Waals surface area contributed by atoms with E-state index < -0.39 is 10.9 Å². The molecule has 0 radical (unpaired) electrons. The van der Waals surface area contributed by atoms with Gasteiger partial charge in [0, 0.05) is 28.8 Å². The van der Waals surface area contributed by atoms with Gasteiger partial charge in [-0.25, -0.2) is 4.79 Å². The number of furan rings is 1. The van der Waals surface area contributed by atoms with Crippen molar-refractivity contribution in [2.75, 3.05) is 6.61 Å². The minimum absolute atomic E-state index is 0.0323. The summed E-state index contributed by atoms with van der Waals surface area (Å²) in [5.41, 5.74) is 4.04. The summed E-state index contributed by atoms with van der Waals surface area (Å²) in [6.07, 6.45) is 0. The van der Waals surface area contributed by atoms with Crippen LogP contribution in [0.5, 0.6) is 0 Å². The van der Waals surface area contributed by atoms with Crippen LogP contribution in [0.4, 0.5) is 5.69 Å². The number of carbonyl (C=O) groups is 1. The van der Waals surface area contributed by atoms with E-state index in [2.05, 4.69) is 0 Å². The normalized spacial score (nSPS) is 10.7. The summed E-state index contributed by atoms with van der Waals surface area (Å²) in [6.45, 7) is 3.94. The number of carbonyl (C=O) groups excluding carboxylic acids is 1. The number of ether oxygens (including phenoxy) is 1. The number of nitro benzene ring substituents is 1. The van der Waals surface area contributed by atoms with Gasteiger partial charge in [0.2, 0.25) is 0 Å². The molecule has 0 atom stereocenters. The Hall–Kier alpha value is -4.19. The molecule has 160 valence electrons. The average molecular weight is 427 g/mol. The molecule has 1 aromatic heterocycles. The first-order chi connectivity index (χ1) is 15.5. The highest BCUT2D eigenvalue weighted by atomic mass is 16.6. The molecule has 0 unspecified atom stereocenters. The summed E-state index contributed by atoms with van der Waals surface area (Å²) in [5.74, 6) is 0.385. The standard InChI is InChI=1S/C26H21NO5/c1-3-31-26(28)23-22(18-13-15-21(16-14-18)27(29)30)24(20-11-9-17(2)10-12-20)32-25(23)19-7-5-4-6-8-19/h4-16H,3H2,1-2H3. The van der Waals surface area contributed by atoms with Crippen molar-refractivity contribution in [3.8, 4) is 33.8 Å². The highest BCUT2D eigenvalue weighted by Gasteiger charge is 2.29. The monoisotopic (exact) mass is 427 g/mol. The second-order valence-corrected chi connectivity index (χ2v) is 7.27. The molecule has 0 aliphatic rings. The zero-order valence-electron chi connectivity index (χ0n) is 17.7. The lowest BCUT2D eigenvalue weighted by molar-refractivity contribution is -0.384. The molecule has 0 bridgehead atoms. The molecule has 0 aliphatic carbocycles. The Balaban J connectivity index is 2.03. The highest BCUT2D eigenvalue weighted by molar-refractivity contribution is 6.06. The maximum absolute atomic E-state index is 13.1. The fraction of sp³-hybridized carbons (Fsp3) is 0.115. The number of nitro groups is 1. The number of benzene rings is 3. The number of nitrogens with zero attached hydrogens (tertiary/aromatic N) is 1. The maximum Gasteiger partial charge on any atom is 0.342 e. The van der Waals surface area contributed by atoms with Crippen molar-refractivity contribution in [1.82, 2.24) is 0 Å². The Bertz CT molecular complexity index is 1260. The van der Waals surface area contributed by atoms with Crippen LogP contribution in [0.3, 0.4) is 0 Å². The van der Waals surface area contributed by atoms with E-state index in [1.54, 1.807) is 19.1 Å². The van der Waals surface area contributed by atoms with Crippen LogP contribution in [0, 0.1) is 17.0 Å². The number of aryl methyl sites for hydroxylation is 1. The van der Waals surface area contributed by atoms with Crippen molar-refractivity contribution in [2.45, 2.75) is 13.8 Å². The molecule has 0 aliphatic heterocycles. The van der Waals surface area contributed by atoms with Gasteiger partial charge < -0.3 is 9.15 Å². The van der Waals surface area contributed by atoms with Gasteiger partial charge in [-0.15, -0.1) is 0 Å². The van der Waals surface area contributed by atoms with E-state index in [-0.39, 0.29) is 12.3 Å². The first kappa shape index (κ1) is 21.1. The SMILES string of the molecule is CCOC(=O)c1c(-c2ccccc2)oc(-c2ccc(C)cc2)c1-c1ccc([N+](=O)[O-])cc1. The lowest BCUT2D eigenvalue weighted by atomic mass is 9.95. The third kappa shape index (κ3) is 4.03. The molecule has 6 heteroatoms. The van der Waals surface area contributed by atoms with Crippen molar-refractivity contribution in [3.05, 3.63) is 100 Å². The van der Waals surface area contributed by atoms with Crippen molar-refractivity contribution >= 4 is 11.7 Å². The molecule has 1 heterocycles. The first-order valence-corrected chi connectivity index (χ1v) is 10.2. The fourth-order valence-corrected chi connectivity index (χ4v) is 3.56. The van der Waals surface area contributed by atoms with E-state index in [9.17, 15) is 14.9 Å². The van der Waals surface area contributed by atoms with E-state index in [0.717, 1.165) is 16.7 Å². The number of hydrogen-bond donors (Lipinski definition) is 0. The van der Waals surface area contributed by atoms with Crippen molar-refractivity contribution in [1.29, 1.82) is 0 Å². The second kappa shape index (κ2) is 8.89. The van der Waals surface area contributed by atoms with Crippen molar-refractivity contribution in [2.24, 2.45) is 0 Å². The second-order valence-electron chi connectivity index (χ2n) is 7.27. The molecule has 0 spiro atoms. The Morgan fingerprint density at radius 2 is 1.47 bits per heavy atom. The predicted molar refractivity (Wildman–Crippen MR) is 122 cm³/mol. The predicted octanol–water partition coefficient (Wildman–Crippen LogP) is 6.67. The van der Waals surface area contributed by atoms with Gasteiger partial charge in [0.15, 0.2) is 0 Å². The number of esters is 1. The summed E-state index contributed by atoms with van der Waals surface area (Å²) in [6, 6.07) is 23.2. The van der Waals surface area contributed by atoms with E-state index >= 15 is 0 Å². The smallest absolute Gasteiger partial charge is 0.342 e. The maximum atomic E-state index is 13.1. The van der Waals surface area contributed by atoms with Crippen LogP contribution in [0.25, 0.3) is 33.8 Å². The molecule has 6 nitrogen and oxygen atoms in total. The third-order valence-corrected chi connectivity index (χ3v) is 5.10. The van der Waals surface area contributed by atoms with Gasteiger partial charge >= 0.3 is 5.97 Å². The molecule has 4 aromatic rings. The van der Waals surface area contributed by atoms with Gasteiger partial charge in [0.25, 0.3) is 5.69 Å². The zero-order chi connectivity index (χ0) is 22.7. The van der Waals surface area contributed by atoms with Crippen LogP contribution in [-0.4, -0.2) is 17.5 Å². The van der Waals surface area contributed by atoms with E-state index in [0.29, 0.717) is 28.2 Å². The van der Waals surface area contributed by atoms with Crippen LogP contribution in [-0.2, 0) is 4.74 Å². The lowest BCUT2D eigenvalue weighted by Crippen LogP contribution is -2.06. The number of non-ortho nitro benzene ring substituents is 1. The zero-order valence-corrected chi connectivity index (χ0v) is 17.7. The Morgan fingerprint density at radius 1 is 0.875 bits per heavy atom. The van der Waals surface area contributed by atoms with Gasteiger partial charge in [-0.1, -0.05) is 60.2 Å². The van der Waals surface area contributed by atoms with Gasteiger partial charge in [-0.05, 0) is 31.5 Å². The minimum Gasteiger partial charge on any atom is -0.462 e. The summed E-state index contributed by atoms with van der Waals surface area (Å²) < 4.78 is 11.7. The van der Waals surface area contributed by atoms with Gasteiger partial charge in [-0.3, -0.25) is 10.1 Å². The quantitative estimate of drug-likeness (QED) is 0.195. The Morgan fingerprint density at radius 3 is 2.06 bits per heavy atom. The summed E-state index contributed by atoms with van der Waals surface area (Å²) in [7, 11) is 0. The Labute approximate surface area is 185 Å². The molecule has 4 rings (SSSR count). The van der Waals surface area contributed by atoms with Crippen molar-refractivity contribution in [3.63, 3.8) is 0 Å². The molecule has 32 heavy (non-hydrogen) atoms. The topological polar surface area (TPSA) is 82.6 Å². The minimum atomic E-state index is -0.512. The van der Waals surface area contributed by atoms with E-state index in [1.165, 1.54) is 12.1 Å². The van der Waals surface area contributed by atoms with E-state index in [1.807, 2.05) is 61.5 Å². The number of hydrogen-bond acceptors (Lipinski definition) is 5. The number of rotatable bonds is 6. The van der Waals surface area contributed by atoms with Crippen LogP contribution in [0.1, 0.15) is 22.8 Å². The largest absolute Gasteiger partial charge is 0.462 e. The molecular weight excluding hydrogens is 406 g/mol. The lowest BCUT2D eigenvalue weighted by Gasteiger charge is -2.08. The Kier molecular flexibility index (Phi) is 5.85. The molecule has 0 saturated heterocycles. The summed E-state index contributed by atoms with van der Waals surface area (Å²) >= 11 is 0. The van der Waals surface area contributed by atoms with Crippen LogP contribution < -0.4 is 0 Å². The third-order valence-electron chi connectivity index (χ3n) is 5.10. The van der Waals surface area contributed by atoms with Gasteiger partial charge in [-0.2, -0.15) is 0 Å². The molecule has 0 amide bonds. The molecule has 3 aromatic carbocycles. The first-order valence-electron chi connectivity index (χ1n) is 10.2. The fourth-order valence-electron chi connectivity index (χ4n) is 3.56. The summed E-state index contributed by atoms with van der Waals surface area (Å²) in [4.78, 5) is 23.8. The van der Waals surface area contributed by atoms with Crippen LogP contribution >= 0.6 is 0 Å². The molecular formula is C26H21NO5. The van der Waals surface area contributed by atoms with Crippen LogP contribution in [0.2, 0.25) is 0 Å². The summed E-state index contributed by atoms with van der Waals surface area (Å²) in [5, 5.41) is 11.1. The molecule has 0 N–H and O–H groups in total. The van der Waals surface area contributed by atoms with E-state index in [4.69, 9.17) is 9.15 Å². The van der Waals surface area contributed by atoms with Gasteiger partial charge in [0.05, 0.1) is 11.5 Å². The molecule has 0 saturated carbocycles. The highest BCUT2D eigenvalue weighted by Crippen LogP contribution is 2.44. The average Bonchev–Trinajstić information content (AvgIpc) is 3.21. The van der Waals surface area contributed by atoms with Gasteiger partial charge in [0.1, 0.15) is 17.1 Å². The van der Waals surface area contributed by atoms with Crippen molar-refractivity contribution < 1.29 is 18.9 Å². The molecule has 0 fully saturated rings. The van der Waals surface area contributed by atoms with Crippen LogP contribution in [0.15, 0.2) is 83.3 Å².